The van der Waals surface area contributed by atoms with Crippen molar-refractivity contribution in [2.75, 3.05) is 0 Å². The number of nitrogens with two attached hydrogens (primary N) is 1. The largest absolute Gasteiger partial charge is 0.328 e. The number of fused-ring (bicyclic) bond motifs is 1. The molecule has 0 spiro atoms. The van der Waals surface area contributed by atoms with Gasteiger partial charge in [-0.15, -0.1) is 0 Å². The Morgan fingerprint density at radius 1 is 1.31 bits per heavy atom. The van der Waals surface area contributed by atoms with Crippen molar-refractivity contribution in [2.24, 2.45) is 5.73 Å². The second-order valence-electron chi connectivity index (χ2n) is 5.17. The average Bonchev–Trinajstić information content (AvgIpc) is 2.58. The predicted octanol–water partition coefficient (Wildman–Crippen LogP) is 2.81. The number of hydrogen-bond donors (Lipinski definition) is 1. The van der Waals surface area contributed by atoms with Crippen molar-refractivity contribution in [3.8, 4) is 0 Å². The number of benzene rings is 1. The van der Waals surface area contributed by atoms with Gasteiger partial charge in [-0.25, -0.2) is 4.98 Å². The van der Waals surface area contributed by atoms with Crippen molar-refractivity contribution >= 4 is 11.0 Å². The lowest BCUT2D eigenvalue weighted by Gasteiger charge is -2.19. The molecule has 0 fully saturated rings. The average molecular weight is 217 g/mol. The van der Waals surface area contributed by atoms with Crippen molar-refractivity contribution in [1.82, 2.24) is 9.55 Å². The van der Waals surface area contributed by atoms with E-state index in [1.54, 1.807) is 0 Å². The number of rotatable bonds is 2. The Bertz CT molecular complexity index is 503. The summed E-state index contributed by atoms with van der Waals surface area (Å²) in [4.78, 5) is 4.42. The fourth-order valence-corrected chi connectivity index (χ4v) is 1.84. The minimum Gasteiger partial charge on any atom is -0.328 e. The van der Waals surface area contributed by atoms with Gasteiger partial charge in [-0.1, -0.05) is 6.07 Å². The van der Waals surface area contributed by atoms with Crippen LogP contribution in [0, 0.1) is 0 Å². The van der Waals surface area contributed by atoms with Gasteiger partial charge in [0.1, 0.15) is 0 Å². The van der Waals surface area contributed by atoms with Gasteiger partial charge in [-0.05, 0) is 45.4 Å². The topological polar surface area (TPSA) is 43.8 Å². The summed E-state index contributed by atoms with van der Waals surface area (Å²) in [7, 11) is 0. The molecule has 0 aliphatic rings. The first kappa shape index (κ1) is 11.1. The smallest absolute Gasteiger partial charge is 0.0960 e. The molecule has 3 heteroatoms. The van der Waals surface area contributed by atoms with Crippen molar-refractivity contribution in [3.05, 3.63) is 30.1 Å². The van der Waals surface area contributed by atoms with E-state index in [1.165, 1.54) is 5.52 Å². The maximum Gasteiger partial charge on any atom is 0.0960 e. The van der Waals surface area contributed by atoms with Crippen LogP contribution in [-0.2, 0) is 5.54 Å². The SMILES string of the molecule is CC(C)n1cnc2cc(C(C)(C)N)ccc21. The summed E-state index contributed by atoms with van der Waals surface area (Å²) in [5.41, 5.74) is 9.08. The zero-order valence-corrected chi connectivity index (χ0v) is 10.4. The van der Waals surface area contributed by atoms with Gasteiger partial charge in [0.25, 0.3) is 0 Å². The van der Waals surface area contributed by atoms with Crippen molar-refractivity contribution in [3.63, 3.8) is 0 Å². The predicted molar refractivity (Wildman–Crippen MR) is 67.3 cm³/mol. The van der Waals surface area contributed by atoms with Gasteiger partial charge in [0.2, 0.25) is 0 Å². The van der Waals surface area contributed by atoms with Gasteiger partial charge in [0, 0.05) is 11.6 Å². The molecule has 0 amide bonds. The Morgan fingerprint density at radius 3 is 2.56 bits per heavy atom. The molecular formula is C13H19N3. The fraction of sp³-hybridized carbons (Fsp3) is 0.462. The number of aromatic nitrogens is 2. The van der Waals surface area contributed by atoms with Crippen molar-refractivity contribution in [1.29, 1.82) is 0 Å². The van der Waals surface area contributed by atoms with E-state index in [2.05, 4.69) is 41.6 Å². The van der Waals surface area contributed by atoms with Gasteiger partial charge in [-0.3, -0.25) is 0 Å². The molecule has 0 radical (unpaired) electrons. The van der Waals surface area contributed by atoms with Crippen molar-refractivity contribution in [2.45, 2.75) is 39.3 Å². The van der Waals surface area contributed by atoms with E-state index in [4.69, 9.17) is 5.73 Å². The maximum absolute atomic E-state index is 6.08. The monoisotopic (exact) mass is 217 g/mol. The van der Waals surface area contributed by atoms with Gasteiger partial charge in [-0.2, -0.15) is 0 Å². The number of nitrogens with zero attached hydrogens (tertiary/aromatic N) is 2. The van der Waals surface area contributed by atoms with Crippen LogP contribution in [0.5, 0.6) is 0 Å². The summed E-state index contributed by atoms with van der Waals surface area (Å²) in [6.07, 6.45) is 1.89. The Hall–Kier alpha value is -1.35. The molecule has 1 aromatic carbocycles. The molecule has 2 rings (SSSR count). The van der Waals surface area contributed by atoms with Crippen LogP contribution in [0.15, 0.2) is 24.5 Å². The zero-order valence-electron chi connectivity index (χ0n) is 10.4. The summed E-state index contributed by atoms with van der Waals surface area (Å²) >= 11 is 0. The molecular weight excluding hydrogens is 198 g/mol. The first-order valence-corrected chi connectivity index (χ1v) is 5.65. The third-order valence-corrected chi connectivity index (χ3v) is 2.88. The standard InChI is InChI=1S/C13H19N3/c1-9(2)16-8-15-11-7-10(13(3,4)14)5-6-12(11)16/h5-9H,14H2,1-4H3. The fourth-order valence-electron chi connectivity index (χ4n) is 1.84. The Morgan fingerprint density at radius 2 is 2.00 bits per heavy atom. The normalized spacial score (nSPS) is 12.6. The first-order chi connectivity index (χ1) is 7.39. The number of imidazole rings is 1. The van der Waals surface area contributed by atoms with Crippen LogP contribution >= 0.6 is 0 Å². The first-order valence-electron chi connectivity index (χ1n) is 5.65. The second-order valence-corrected chi connectivity index (χ2v) is 5.17. The molecule has 2 N–H and O–H groups in total. The van der Waals surface area contributed by atoms with E-state index >= 15 is 0 Å². The molecule has 3 nitrogen and oxygen atoms in total. The summed E-state index contributed by atoms with van der Waals surface area (Å²) in [5.74, 6) is 0. The maximum atomic E-state index is 6.08. The Balaban J connectivity index is 2.58. The Kier molecular flexibility index (Phi) is 2.50. The lowest BCUT2D eigenvalue weighted by Crippen LogP contribution is -2.28. The molecule has 16 heavy (non-hydrogen) atoms. The van der Waals surface area contributed by atoms with Crippen molar-refractivity contribution < 1.29 is 0 Å². The van der Waals surface area contributed by atoms with Crippen LogP contribution in [0.3, 0.4) is 0 Å². The molecule has 0 bridgehead atoms. The van der Waals surface area contributed by atoms with E-state index in [-0.39, 0.29) is 5.54 Å². The van der Waals surface area contributed by atoms with Crippen LogP contribution in [0.2, 0.25) is 0 Å². The molecule has 0 saturated carbocycles. The summed E-state index contributed by atoms with van der Waals surface area (Å²) in [5, 5.41) is 0. The van der Waals surface area contributed by atoms with E-state index in [1.807, 2.05) is 20.2 Å². The van der Waals surface area contributed by atoms with Gasteiger partial charge in [0.15, 0.2) is 0 Å². The third kappa shape index (κ3) is 1.83. The molecule has 0 saturated heterocycles. The third-order valence-electron chi connectivity index (χ3n) is 2.88. The van der Waals surface area contributed by atoms with Crippen LogP contribution in [0.1, 0.15) is 39.3 Å². The van der Waals surface area contributed by atoms with Crippen LogP contribution < -0.4 is 5.73 Å². The van der Waals surface area contributed by atoms with E-state index in [0.29, 0.717) is 6.04 Å². The summed E-state index contributed by atoms with van der Waals surface area (Å²) in [6, 6.07) is 6.70. The van der Waals surface area contributed by atoms with Gasteiger partial charge >= 0.3 is 0 Å². The summed E-state index contributed by atoms with van der Waals surface area (Å²) in [6.45, 7) is 8.32. The van der Waals surface area contributed by atoms with E-state index < -0.39 is 0 Å². The molecule has 1 aromatic heterocycles. The van der Waals surface area contributed by atoms with Gasteiger partial charge < -0.3 is 10.3 Å². The highest BCUT2D eigenvalue weighted by atomic mass is 15.1. The van der Waals surface area contributed by atoms with E-state index in [0.717, 1.165) is 11.1 Å². The quantitative estimate of drug-likeness (QED) is 0.840. The minimum atomic E-state index is -0.310. The highest BCUT2D eigenvalue weighted by molar-refractivity contribution is 5.76. The highest BCUT2D eigenvalue weighted by Gasteiger charge is 2.15. The molecule has 1 heterocycles. The van der Waals surface area contributed by atoms with Crippen LogP contribution in [0.25, 0.3) is 11.0 Å². The van der Waals surface area contributed by atoms with Crippen LogP contribution in [0.4, 0.5) is 0 Å². The van der Waals surface area contributed by atoms with E-state index in [9.17, 15) is 0 Å². The summed E-state index contributed by atoms with van der Waals surface area (Å²) < 4.78 is 2.17. The zero-order chi connectivity index (χ0) is 11.9. The second kappa shape index (κ2) is 3.59. The van der Waals surface area contributed by atoms with Gasteiger partial charge in [0.05, 0.1) is 17.4 Å². The molecule has 0 unspecified atom stereocenters. The lowest BCUT2D eigenvalue weighted by molar-refractivity contribution is 0.555. The molecule has 0 atom stereocenters. The molecule has 0 aliphatic carbocycles. The number of hydrogen-bond acceptors (Lipinski definition) is 2. The van der Waals surface area contributed by atoms with Crippen LogP contribution in [-0.4, -0.2) is 9.55 Å². The molecule has 86 valence electrons. The highest BCUT2D eigenvalue weighted by Crippen LogP contribution is 2.23. The molecule has 2 aromatic rings. The lowest BCUT2D eigenvalue weighted by atomic mass is 9.95. The molecule has 0 aliphatic heterocycles. The Labute approximate surface area is 96.3 Å². The minimum absolute atomic E-state index is 0.310.